The summed E-state index contributed by atoms with van der Waals surface area (Å²) in [5.74, 6) is -0.232. The van der Waals surface area contributed by atoms with Crippen LogP contribution in [-0.2, 0) is 4.79 Å². The fourth-order valence-corrected chi connectivity index (χ4v) is 3.81. The molecule has 0 saturated carbocycles. The van der Waals surface area contributed by atoms with Crippen LogP contribution in [-0.4, -0.2) is 15.9 Å². The molecule has 0 unspecified atom stereocenters. The van der Waals surface area contributed by atoms with E-state index >= 15 is 0 Å². The van der Waals surface area contributed by atoms with Gasteiger partial charge in [0.2, 0.25) is 5.91 Å². The summed E-state index contributed by atoms with van der Waals surface area (Å²) in [6.45, 7) is 3.50. The normalized spacial score (nSPS) is 10.9. The number of nitrogens with one attached hydrogen (secondary N) is 2. The molecule has 0 bridgehead atoms. The number of carbonyl (C=O) groups excluding carboxylic acids is 1. The summed E-state index contributed by atoms with van der Waals surface area (Å²) in [6.07, 6.45) is 5.13. The van der Waals surface area contributed by atoms with Crippen LogP contribution < -0.4 is 5.32 Å². The summed E-state index contributed by atoms with van der Waals surface area (Å²) in [6, 6.07) is 24.6. The van der Waals surface area contributed by atoms with E-state index in [-0.39, 0.29) is 5.91 Å². The summed E-state index contributed by atoms with van der Waals surface area (Å²) in [7, 11) is 0. The van der Waals surface area contributed by atoms with Gasteiger partial charge in [-0.3, -0.25) is 4.79 Å². The SMILES string of the molecule is C=CC(=O)Nc1cccc(-c2cnc3[nH]cc(-c4cccc5ccccc45)c3c2)c1. The molecule has 0 radical (unpaired) electrons. The number of hydrogen-bond donors (Lipinski definition) is 2. The minimum atomic E-state index is -0.232. The van der Waals surface area contributed by atoms with Crippen LogP contribution in [0.2, 0.25) is 0 Å². The lowest BCUT2D eigenvalue weighted by Gasteiger charge is -2.08. The summed E-state index contributed by atoms with van der Waals surface area (Å²) in [5, 5.41) is 6.28. The van der Waals surface area contributed by atoms with Crippen molar-refractivity contribution in [3.63, 3.8) is 0 Å². The van der Waals surface area contributed by atoms with Crippen LogP contribution in [0.25, 0.3) is 44.1 Å². The Balaban J connectivity index is 1.63. The van der Waals surface area contributed by atoms with Crippen LogP contribution in [0.1, 0.15) is 0 Å². The number of H-pyrrole nitrogens is 1. The van der Waals surface area contributed by atoms with Crippen LogP contribution in [0.5, 0.6) is 0 Å². The Morgan fingerprint density at radius 1 is 0.900 bits per heavy atom. The molecule has 0 spiro atoms. The van der Waals surface area contributed by atoms with Gasteiger partial charge in [-0.05, 0) is 46.2 Å². The second kappa shape index (κ2) is 7.33. The molecular weight excluding hydrogens is 370 g/mol. The Hall–Kier alpha value is -4.18. The number of aromatic nitrogens is 2. The molecule has 144 valence electrons. The van der Waals surface area contributed by atoms with E-state index in [2.05, 4.69) is 70.4 Å². The summed E-state index contributed by atoms with van der Waals surface area (Å²) >= 11 is 0. The molecule has 0 aliphatic carbocycles. The van der Waals surface area contributed by atoms with Crippen molar-refractivity contribution in [2.24, 2.45) is 0 Å². The molecule has 30 heavy (non-hydrogen) atoms. The zero-order valence-corrected chi connectivity index (χ0v) is 16.2. The summed E-state index contributed by atoms with van der Waals surface area (Å²) < 4.78 is 0. The molecule has 4 nitrogen and oxygen atoms in total. The van der Waals surface area contributed by atoms with Crippen molar-refractivity contribution in [2.45, 2.75) is 0 Å². The van der Waals surface area contributed by atoms with Gasteiger partial charge in [0.05, 0.1) is 0 Å². The number of hydrogen-bond acceptors (Lipinski definition) is 2. The van der Waals surface area contributed by atoms with Gasteiger partial charge in [-0.1, -0.05) is 61.2 Å². The number of amides is 1. The third kappa shape index (κ3) is 3.14. The first kappa shape index (κ1) is 17.9. The number of pyridine rings is 1. The van der Waals surface area contributed by atoms with Crippen molar-refractivity contribution in [1.29, 1.82) is 0 Å². The number of anilines is 1. The molecule has 0 aliphatic heterocycles. The van der Waals surface area contributed by atoms with Gasteiger partial charge in [0.25, 0.3) is 0 Å². The van der Waals surface area contributed by atoms with Gasteiger partial charge in [-0.15, -0.1) is 0 Å². The van der Waals surface area contributed by atoms with Crippen molar-refractivity contribution in [2.75, 3.05) is 5.32 Å². The topological polar surface area (TPSA) is 57.8 Å². The molecule has 2 heterocycles. The van der Waals surface area contributed by atoms with Gasteiger partial charge in [0.15, 0.2) is 0 Å². The summed E-state index contributed by atoms with van der Waals surface area (Å²) in [4.78, 5) is 19.6. The van der Waals surface area contributed by atoms with Crippen molar-refractivity contribution >= 4 is 33.4 Å². The van der Waals surface area contributed by atoms with Crippen LogP contribution in [0.4, 0.5) is 5.69 Å². The maximum Gasteiger partial charge on any atom is 0.247 e. The Kier molecular flexibility index (Phi) is 4.37. The van der Waals surface area contributed by atoms with Crippen LogP contribution in [0.3, 0.4) is 0 Å². The predicted molar refractivity (Wildman–Crippen MR) is 123 cm³/mol. The molecule has 0 fully saturated rings. The van der Waals surface area contributed by atoms with E-state index in [4.69, 9.17) is 0 Å². The quantitative estimate of drug-likeness (QED) is 0.361. The van der Waals surface area contributed by atoms with E-state index in [9.17, 15) is 4.79 Å². The molecule has 3 aromatic carbocycles. The Morgan fingerprint density at radius 3 is 2.63 bits per heavy atom. The Labute approximate surface area is 173 Å². The molecule has 5 rings (SSSR count). The fourth-order valence-electron chi connectivity index (χ4n) is 3.81. The molecule has 1 amide bonds. The Bertz CT molecular complexity index is 1410. The molecule has 4 heteroatoms. The highest BCUT2D eigenvalue weighted by Gasteiger charge is 2.12. The molecule has 2 aromatic heterocycles. The number of nitrogens with zero attached hydrogens (tertiary/aromatic N) is 1. The molecule has 2 N–H and O–H groups in total. The van der Waals surface area contributed by atoms with Crippen molar-refractivity contribution in [1.82, 2.24) is 9.97 Å². The maximum atomic E-state index is 11.6. The van der Waals surface area contributed by atoms with Gasteiger partial charge < -0.3 is 10.3 Å². The van der Waals surface area contributed by atoms with Gasteiger partial charge in [0, 0.05) is 34.6 Å². The van der Waals surface area contributed by atoms with Gasteiger partial charge in [-0.2, -0.15) is 0 Å². The fraction of sp³-hybridized carbons (Fsp3) is 0. The first-order chi connectivity index (χ1) is 14.7. The number of carbonyl (C=O) groups is 1. The molecular formula is C26H19N3O. The van der Waals surface area contributed by atoms with Crippen molar-refractivity contribution in [3.8, 4) is 22.3 Å². The van der Waals surface area contributed by atoms with Crippen LogP contribution in [0, 0.1) is 0 Å². The number of rotatable bonds is 4. The van der Waals surface area contributed by atoms with Gasteiger partial charge >= 0.3 is 0 Å². The molecule has 0 aliphatic rings. The monoisotopic (exact) mass is 389 g/mol. The first-order valence-corrected chi connectivity index (χ1v) is 9.72. The van der Waals surface area contributed by atoms with E-state index < -0.39 is 0 Å². The van der Waals surface area contributed by atoms with E-state index in [0.717, 1.165) is 33.4 Å². The average Bonchev–Trinajstić information content (AvgIpc) is 3.22. The highest BCUT2D eigenvalue weighted by atomic mass is 16.1. The van der Waals surface area contributed by atoms with E-state index in [1.54, 1.807) is 0 Å². The maximum absolute atomic E-state index is 11.6. The van der Waals surface area contributed by atoms with Crippen LogP contribution in [0.15, 0.2) is 97.8 Å². The largest absolute Gasteiger partial charge is 0.346 e. The van der Waals surface area contributed by atoms with Gasteiger partial charge in [0.1, 0.15) is 5.65 Å². The highest BCUT2D eigenvalue weighted by molar-refractivity contribution is 6.05. The molecule has 0 saturated heterocycles. The minimum absolute atomic E-state index is 0.232. The van der Waals surface area contributed by atoms with E-state index in [1.165, 1.54) is 22.4 Å². The van der Waals surface area contributed by atoms with Gasteiger partial charge in [-0.25, -0.2) is 4.98 Å². The lowest BCUT2D eigenvalue weighted by Crippen LogP contribution is -2.06. The third-order valence-corrected chi connectivity index (χ3v) is 5.26. The zero-order valence-electron chi connectivity index (χ0n) is 16.2. The molecule has 5 aromatic rings. The second-order valence-electron chi connectivity index (χ2n) is 7.12. The zero-order chi connectivity index (χ0) is 20.5. The van der Waals surface area contributed by atoms with E-state index in [1.807, 2.05) is 36.7 Å². The lowest BCUT2D eigenvalue weighted by molar-refractivity contribution is -0.111. The highest BCUT2D eigenvalue weighted by Crippen LogP contribution is 2.35. The molecule has 0 atom stereocenters. The standard InChI is InChI=1S/C26H19N3O/c1-2-25(30)29-20-10-5-9-18(13-20)19-14-23-24(16-28-26(23)27-15-19)22-12-6-8-17-7-3-4-11-21(17)22/h2-16H,1H2,(H,27,28)(H,29,30). The predicted octanol–water partition coefficient (Wildman–Crippen LogP) is 6.17. The smallest absolute Gasteiger partial charge is 0.247 e. The lowest BCUT2D eigenvalue weighted by atomic mass is 9.97. The number of benzene rings is 3. The second-order valence-corrected chi connectivity index (χ2v) is 7.12. The van der Waals surface area contributed by atoms with E-state index in [0.29, 0.717) is 0 Å². The first-order valence-electron chi connectivity index (χ1n) is 9.72. The van der Waals surface area contributed by atoms with Crippen molar-refractivity contribution < 1.29 is 4.79 Å². The number of aromatic amines is 1. The average molecular weight is 389 g/mol. The minimum Gasteiger partial charge on any atom is -0.346 e. The van der Waals surface area contributed by atoms with Crippen LogP contribution >= 0.6 is 0 Å². The number of fused-ring (bicyclic) bond motifs is 2. The Morgan fingerprint density at radius 2 is 1.73 bits per heavy atom. The third-order valence-electron chi connectivity index (χ3n) is 5.26. The van der Waals surface area contributed by atoms with Crippen molar-refractivity contribution in [3.05, 3.63) is 97.8 Å². The summed E-state index contributed by atoms with van der Waals surface area (Å²) in [5.41, 5.74) is 5.82.